The average Bonchev–Trinajstić information content (AvgIpc) is 3.06. The Kier molecular flexibility index (Phi) is 5.78. The van der Waals surface area contributed by atoms with E-state index in [9.17, 15) is 9.59 Å². The molecule has 5 nitrogen and oxygen atoms in total. The number of carbonyl (C=O) groups is 1. The second-order valence-electron chi connectivity index (χ2n) is 6.46. The minimum absolute atomic E-state index is 0.0644. The lowest BCUT2D eigenvalue weighted by Gasteiger charge is -2.05. The fourth-order valence-electron chi connectivity index (χ4n) is 3.11. The number of aryl methyl sites for hydroxylation is 1. The molecule has 0 aliphatic rings. The highest BCUT2D eigenvalue weighted by atomic mass is 32.2. The van der Waals surface area contributed by atoms with Crippen molar-refractivity contribution in [3.63, 3.8) is 0 Å². The third-order valence-electron chi connectivity index (χ3n) is 4.40. The van der Waals surface area contributed by atoms with Gasteiger partial charge in [0.1, 0.15) is 4.83 Å². The first kappa shape index (κ1) is 19.4. The van der Waals surface area contributed by atoms with Gasteiger partial charge in [0, 0.05) is 28.3 Å². The number of nitrogens with one attached hydrogen (secondary N) is 2. The predicted molar refractivity (Wildman–Crippen MR) is 121 cm³/mol. The van der Waals surface area contributed by atoms with Gasteiger partial charge in [0.25, 0.3) is 5.56 Å². The molecule has 4 aromatic rings. The first-order valence-electron chi connectivity index (χ1n) is 9.18. The topological polar surface area (TPSA) is 74.8 Å². The smallest absolute Gasteiger partial charge is 0.260 e. The molecule has 2 aromatic carbocycles. The summed E-state index contributed by atoms with van der Waals surface area (Å²) in [5.74, 6) is 0.466. The number of anilines is 1. The van der Waals surface area contributed by atoms with Crippen LogP contribution in [0, 0.1) is 6.92 Å². The quantitative estimate of drug-likeness (QED) is 0.336. The molecule has 2 N–H and O–H groups in total. The predicted octanol–water partition coefficient (Wildman–Crippen LogP) is 5.08. The number of nitrogens with zero attached hydrogens (tertiary/aromatic N) is 1. The number of para-hydroxylation sites is 1. The van der Waals surface area contributed by atoms with Crippen molar-refractivity contribution in [2.45, 2.75) is 18.5 Å². The number of H-pyrrole nitrogens is 1. The van der Waals surface area contributed by atoms with Crippen LogP contribution in [0.5, 0.6) is 0 Å². The Morgan fingerprint density at radius 3 is 2.52 bits per heavy atom. The molecule has 0 saturated carbocycles. The molecule has 2 aromatic heterocycles. The number of aromatic amines is 1. The molecule has 0 aliphatic carbocycles. The summed E-state index contributed by atoms with van der Waals surface area (Å²) >= 11 is 2.90. The van der Waals surface area contributed by atoms with E-state index in [-0.39, 0.29) is 11.5 Å². The molecule has 146 valence electrons. The summed E-state index contributed by atoms with van der Waals surface area (Å²) < 4.78 is 0. The lowest BCUT2D eigenvalue weighted by atomic mass is 10.0. The molecular weight excluding hydrogens is 402 g/mol. The zero-order chi connectivity index (χ0) is 20.2. The number of fused-ring (bicyclic) bond motifs is 1. The van der Waals surface area contributed by atoms with Crippen molar-refractivity contribution in [1.29, 1.82) is 0 Å². The van der Waals surface area contributed by atoms with Gasteiger partial charge in [-0.15, -0.1) is 11.3 Å². The average molecular weight is 422 g/mol. The first-order chi connectivity index (χ1) is 14.1. The third kappa shape index (κ3) is 4.41. The van der Waals surface area contributed by atoms with E-state index >= 15 is 0 Å². The number of aromatic nitrogens is 2. The van der Waals surface area contributed by atoms with Crippen LogP contribution in [0.4, 0.5) is 5.69 Å². The molecule has 2 heterocycles. The van der Waals surface area contributed by atoms with Crippen LogP contribution < -0.4 is 10.9 Å². The largest absolute Gasteiger partial charge is 0.326 e. The van der Waals surface area contributed by atoms with Crippen LogP contribution >= 0.6 is 23.1 Å². The van der Waals surface area contributed by atoms with Crippen molar-refractivity contribution < 1.29 is 4.79 Å². The maximum Gasteiger partial charge on any atom is 0.260 e. The number of hydrogen-bond donors (Lipinski definition) is 2. The highest BCUT2D eigenvalue weighted by Gasteiger charge is 2.16. The van der Waals surface area contributed by atoms with Gasteiger partial charge >= 0.3 is 0 Å². The number of thiophene rings is 1. The van der Waals surface area contributed by atoms with Gasteiger partial charge in [-0.25, -0.2) is 4.98 Å². The molecule has 7 heteroatoms. The van der Waals surface area contributed by atoms with E-state index in [0.717, 1.165) is 26.5 Å². The normalized spacial score (nSPS) is 10.9. The van der Waals surface area contributed by atoms with Gasteiger partial charge < -0.3 is 10.3 Å². The Labute approximate surface area is 176 Å². The summed E-state index contributed by atoms with van der Waals surface area (Å²) in [5, 5.41) is 4.02. The van der Waals surface area contributed by atoms with E-state index in [1.165, 1.54) is 23.1 Å². The minimum Gasteiger partial charge on any atom is -0.326 e. The lowest BCUT2D eigenvalue weighted by Crippen LogP contribution is -2.13. The molecule has 0 saturated heterocycles. The van der Waals surface area contributed by atoms with Crippen molar-refractivity contribution in [2.75, 3.05) is 11.1 Å². The summed E-state index contributed by atoms with van der Waals surface area (Å²) in [4.78, 5) is 34.1. The highest BCUT2D eigenvalue weighted by Crippen LogP contribution is 2.35. The molecular formula is C22H19N3O2S2. The molecule has 0 aliphatic heterocycles. The summed E-state index contributed by atoms with van der Waals surface area (Å²) in [6.45, 7) is 2.01. The fourth-order valence-corrected chi connectivity index (χ4v) is 5.01. The second kappa shape index (κ2) is 8.63. The standard InChI is InChI=1S/C22H19N3O2S2/c1-14-18(15-8-4-2-5-9-15)19-20(27)24-22(25-21(19)29-14)28-13-12-17(26)23-16-10-6-3-7-11-16/h2-11H,12-13H2,1H3,(H,23,26)(H,24,25,27). The van der Waals surface area contributed by atoms with E-state index in [1.54, 1.807) is 0 Å². The number of thioether (sulfide) groups is 1. The minimum atomic E-state index is -0.144. The van der Waals surface area contributed by atoms with Gasteiger partial charge in [0.2, 0.25) is 5.91 Å². The van der Waals surface area contributed by atoms with Crippen LogP contribution in [0.2, 0.25) is 0 Å². The number of hydrogen-bond acceptors (Lipinski definition) is 5. The number of carbonyl (C=O) groups excluding carboxylic acids is 1. The summed E-state index contributed by atoms with van der Waals surface area (Å²) in [6, 6.07) is 19.2. The maximum atomic E-state index is 12.8. The number of benzene rings is 2. The molecule has 4 rings (SSSR count). The molecule has 0 atom stereocenters. The van der Waals surface area contributed by atoms with Gasteiger partial charge in [-0.1, -0.05) is 60.3 Å². The van der Waals surface area contributed by atoms with Gasteiger partial charge in [-0.2, -0.15) is 0 Å². The number of rotatable bonds is 6. The molecule has 0 spiro atoms. The summed E-state index contributed by atoms with van der Waals surface area (Å²) in [7, 11) is 0. The molecule has 29 heavy (non-hydrogen) atoms. The van der Waals surface area contributed by atoms with E-state index in [0.29, 0.717) is 22.7 Å². The Bertz CT molecular complexity index is 1200. The molecule has 0 bridgehead atoms. The van der Waals surface area contributed by atoms with E-state index in [4.69, 9.17) is 0 Å². The van der Waals surface area contributed by atoms with Gasteiger partial charge in [-0.05, 0) is 24.6 Å². The van der Waals surface area contributed by atoms with Gasteiger partial charge in [0.05, 0.1) is 5.39 Å². The van der Waals surface area contributed by atoms with Crippen LogP contribution in [-0.4, -0.2) is 21.6 Å². The fraction of sp³-hybridized carbons (Fsp3) is 0.136. The van der Waals surface area contributed by atoms with Crippen LogP contribution in [0.25, 0.3) is 21.3 Å². The summed E-state index contributed by atoms with van der Waals surface area (Å²) in [6.07, 6.45) is 0.333. The first-order valence-corrected chi connectivity index (χ1v) is 11.0. The second-order valence-corrected chi connectivity index (χ2v) is 8.75. The van der Waals surface area contributed by atoms with Crippen LogP contribution in [0.15, 0.2) is 70.6 Å². The Morgan fingerprint density at radius 2 is 1.79 bits per heavy atom. The van der Waals surface area contributed by atoms with Crippen LogP contribution in [0.3, 0.4) is 0 Å². The van der Waals surface area contributed by atoms with E-state index in [1.807, 2.05) is 67.6 Å². The zero-order valence-electron chi connectivity index (χ0n) is 15.8. The Hall–Kier alpha value is -2.90. The van der Waals surface area contributed by atoms with Crippen molar-refractivity contribution in [3.8, 4) is 11.1 Å². The van der Waals surface area contributed by atoms with Crippen LogP contribution in [0.1, 0.15) is 11.3 Å². The lowest BCUT2D eigenvalue weighted by molar-refractivity contribution is -0.115. The molecule has 0 fully saturated rings. The van der Waals surface area contributed by atoms with E-state index in [2.05, 4.69) is 15.3 Å². The van der Waals surface area contributed by atoms with Crippen molar-refractivity contribution in [1.82, 2.24) is 9.97 Å². The SMILES string of the molecule is Cc1sc2nc(SCCC(=O)Nc3ccccc3)[nH]c(=O)c2c1-c1ccccc1. The monoisotopic (exact) mass is 421 g/mol. The van der Waals surface area contributed by atoms with Gasteiger partial charge in [0.15, 0.2) is 5.16 Å². The maximum absolute atomic E-state index is 12.8. The molecule has 0 radical (unpaired) electrons. The third-order valence-corrected chi connectivity index (χ3v) is 6.28. The zero-order valence-corrected chi connectivity index (χ0v) is 17.4. The highest BCUT2D eigenvalue weighted by molar-refractivity contribution is 7.99. The molecule has 1 amide bonds. The Morgan fingerprint density at radius 1 is 1.10 bits per heavy atom. The van der Waals surface area contributed by atoms with Crippen LogP contribution in [-0.2, 0) is 4.79 Å². The van der Waals surface area contributed by atoms with Gasteiger partial charge in [-0.3, -0.25) is 9.59 Å². The van der Waals surface area contributed by atoms with Crippen molar-refractivity contribution in [2.24, 2.45) is 0 Å². The molecule has 0 unspecified atom stereocenters. The summed E-state index contributed by atoms with van der Waals surface area (Å²) in [5.41, 5.74) is 2.59. The van der Waals surface area contributed by atoms with E-state index < -0.39 is 0 Å². The number of amides is 1. The van der Waals surface area contributed by atoms with Crippen molar-refractivity contribution in [3.05, 3.63) is 75.9 Å². The Balaban J connectivity index is 1.48. The van der Waals surface area contributed by atoms with Crippen molar-refractivity contribution >= 4 is 44.9 Å².